The minimum atomic E-state index is -3.95. The highest BCUT2D eigenvalue weighted by molar-refractivity contribution is 7.92. The SMILES string of the molecule is Cn1nc(NS(C)(=O)=O)c2c(Cl)ccc(-n3c([C@H](Cc4cc(F)cc(F)c4)NC(=O)Cn4nc(C(F)F)c5c4C(F)(F)[C@@H]4C[C@H]54)nc4cc(C(C)(F)F)ccc4c3=O)c21. The number of rotatable bonds is 11. The van der Waals surface area contributed by atoms with E-state index in [4.69, 9.17) is 11.6 Å². The van der Waals surface area contributed by atoms with Crippen molar-refractivity contribution in [2.45, 2.75) is 56.5 Å². The smallest absolute Gasteiger partial charge is 0.293 e. The van der Waals surface area contributed by atoms with Gasteiger partial charge in [-0.3, -0.25) is 28.2 Å². The number of carbonyl (C=O) groups excluding carboxylic acids is 1. The number of benzene rings is 3. The molecule has 0 bridgehead atoms. The molecule has 59 heavy (non-hydrogen) atoms. The summed E-state index contributed by atoms with van der Waals surface area (Å²) >= 11 is 6.54. The van der Waals surface area contributed by atoms with E-state index < -0.39 is 105 Å². The second-order valence-electron chi connectivity index (χ2n) is 14.6. The highest BCUT2D eigenvalue weighted by atomic mass is 35.5. The van der Waals surface area contributed by atoms with Crippen molar-refractivity contribution in [1.82, 2.24) is 34.4 Å². The maximum Gasteiger partial charge on any atom is 0.293 e. The molecule has 2 aliphatic carbocycles. The van der Waals surface area contributed by atoms with Crippen molar-refractivity contribution >= 4 is 55.2 Å². The van der Waals surface area contributed by atoms with Crippen molar-refractivity contribution in [3.63, 3.8) is 0 Å². The molecule has 3 atom stereocenters. The lowest BCUT2D eigenvalue weighted by Gasteiger charge is -2.24. The first-order chi connectivity index (χ1) is 27.5. The van der Waals surface area contributed by atoms with E-state index in [2.05, 4.69) is 25.2 Å². The van der Waals surface area contributed by atoms with Gasteiger partial charge in [0.15, 0.2) is 5.82 Å². The molecule has 310 valence electrons. The van der Waals surface area contributed by atoms with Crippen LogP contribution in [0.4, 0.5) is 40.9 Å². The Kier molecular flexibility index (Phi) is 9.37. The zero-order valence-electron chi connectivity index (χ0n) is 30.7. The van der Waals surface area contributed by atoms with Crippen LogP contribution in [-0.4, -0.2) is 49.7 Å². The van der Waals surface area contributed by atoms with Crippen LogP contribution < -0.4 is 15.6 Å². The van der Waals surface area contributed by atoms with Crippen LogP contribution in [0.1, 0.15) is 65.6 Å². The molecule has 1 amide bonds. The van der Waals surface area contributed by atoms with Crippen molar-refractivity contribution in [2.24, 2.45) is 13.0 Å². The average Bonchev–Trinajstić information content (AvgIpc) is 3.66. The predicted octanol–water partition coefficient (Wildman–Crippen LogP) is 7.13. The van der Waals surface area contributed by atoms with Crippen LogP contribution in [-0.2, 0) is 46.7 Å². The van der Waals surface area contributed by atoms with Gasteiger partial charge in [0, 0.05) is 43.5 Å². The van der Waals surface area contributed by atoms with Crippen LogP contribution >= 0.6 is 11.6 Å². The minimum Gasteiger partial charge on any atom is -0.344 e. The average molecular weight is 869 g/mol. The van der Waals surface area contributed by atoms with Gasteiger partial charge in [0.2, 0.25) is 15.9 Å². The Labute approximate surface area is 332 Å². The molecule has 0 spiro atoms. The normalized spacial score (nSPS) is 17.7. The number of aryl methyl sites for hydroxylation is 1. The Bertz CT molecular complexity index is 2910. The van der Waals surface area contributed by atoms with E-state index in [9.17, 15) is 44.3 Å². The lowest BCUT2D eigenvalue weighted by molar-refractivity contribution is -0.123. The Hall–Kier alpha value is -5.57. The molecule has 8 rings (SSSR count). The molecule has 3 aromatic heterocycles. The van der Waals surface area contributed by atoms with E-state index in [1.807, 2.05) is 0 Å². The third-order valence-corrected chi connectivity index (χ3v) is 11.2. The standard InChI is InChI=1S/C37H29ClF8N8O4S/c1-36(43,44)16-4-5-19-23(11-16)48-34(54(35(19)56)25-7-6-22(38)28-30(25)52(2)50-33(28)51-59(3,57)58)24(10-15-8-17(39)12-18(40)9-15)47-26(55)14-53-31-27(29(49-53)32(41)42)20-13-21(20)37(31,45)46/h4-9,11-12,20-21,24,32H,10,13-14H2,1-3H3,(H,47,55)(H,50,51)/t20-,21+,24-/m0/s1. The summed E-state index contributed by atoms with van der Waals surface area (Å²) in [5.41, 5.74) is -4.11. The molecular formula is C37H29ClF8N8O4S. The Morgan fingerprint density at radius 2 is 1.76 bits per heavy atom. The third kappa shape index (κ3) is 7.06. The van der Waals surface area contributed by atoms with E-state index in [1.165, 1.54) is 23.9 Å². The summed E-state index contributed by atoms with van der Waals surface area (Å²) in [5, 5.41) is 10.1. The van der Waals surface area contributed by atoms with E-state index in [0.29, 0.717) is 17.7 Å². The topological polar surface area (TPSA) is 146 Å². The Balaban J connectivity index is 1.35. The molecule has 12 nitrogen and oxygen atoms in total. The van der Waals surface area contributed by atoms with Gasteiger partial charge in [-0.15, -0.1) is 0 Å². The zero-order valence-corrected chi connectivity index (χ0v) is 32.2. The first kappa shape index (κ1) is 40.2. The first-order valence-electron chi connectivity index (χ1n) is 17.6. The van der Waals surface area contributed by atoms with Crippen molar-refractivity contribution in [1.29, 1.82) is 0 Å². The van der Waals surface area contributed by atoms with Gasteiger partial charge in [0.25, 0.3) is 23.8 Å². The van der Waals surface area contributed by atoms with Crippen LogP contribution in [0.25, 0.3) is 27.5 Å². The number of carbonyl (C=O) groups is 1. The quantitative estimate of drug-likeness (QED) is 0.132. The number of halogens is 9. The molecule has 0 radical (unpaired) electrons. The lowest BCUT2D eigenvalue weighted by atomic mass is 10.0. The second kappa shape index (κ2) is 13.7. The fourth-order valence-electron chi connectivity index (χ4n) is 7.85. The van der Waals surface area contributed by atoms with E-state index in [-0.39, 0.29) is 55.9 Å². The molecule has 0 unspecified atom stereocenters. The van der Waals surface area contributed by atoms with Gasteiger partial charge in [-0.2, -0.15) is 19.0 Å². The van der Waals surface area contributed by atoms with E-state index >= 15 is 8.78 Å². The fourth-order valence-corrected chi connectivity index (χ4v) is 8.59. The number of aromatic nitrogens is 6. The van der Waals surface area contributed by atoms with Crippen molar-refractivity contribution in [3.8, 4) is 5.69 Å². The Morgan fingerprint density at radius 3 is 2.41 bits per heavy atom. The van der Waals surface area contributed by atoms with Gasteiger partial charge in [-0.05, 0) is 54.3 Å². The minimum absolute atomic E-state index is 0.00912. The van der Waals surface area contributed by atoms with Crippen LogP contribution in [0.2, 0.25) is 5.02 Å². The maximum atomic E-state index is 15.4. The van der Waals surface area contributed by atoms with Crippen molar-refractivity contribution in [3.05, 3.63) is 109 Å². The largest absolute Gasteiger partial charge is 0.344 e. The first-order valence-corrected chi connectivity index (χ1v) is 19.9. The molecule has 3 aromatic carbocycles. The van der Waals surface area contributed by atoms with Gasteiger partial charge in [-0.1, -0.05) is 17.7 Å². The third-order valence-electron chi connectivity index (χ3n) is 10.3. The molecule has 2 aliphatic rings. The molecule has 2 N–H and O–H groups in total. The number of nitrogens with zero attached hydrogens (tertiary/aromatic N) is 6. The zero-order chi connectivity index (χ0) is 42.7. The summed E-state index contributed by atoms with van der Waals surface area (Å²) in [7, 11) is -2.57. The summed E-state index contributed by atoms with van der Waals surface area (Å²) in [4.78, 5) is 33.2. The number of anilines is 1. The van der Waals surface area contributed by atoms with Crippen LogP contribution in [0, 0.1) is 17.6 Å². The van der Waals surface area contributed by atoms with Gasteiger partial charge in [-0.25, -0.2) is 39.7 Å². The summed E-state index contributed by atoms with van der Waals surface area (Å²) < 4.78 is 147. The molecule has 0 saturated heterocycles. The maximum absolute atomic E-state index is 15.4. The van der Waals surface area contributed by atoms with Crippen molar-refractivity contribution < 1.29 is 48.3 Å². The van der Waals surface area contributed by atoms with E-state index in [1.54, 1.807) is 0 Å². The summed E-state index contributed by atoms with van der Waals surface area (Å²) in [6.45, 7) is -0.458. The number of alkyl halides is 6. The number of hydrogen-bond acceptors (Lipinski definition) is 7. The van der Waals surface area contributed by atoms with Gasteiger partial charge >= 0.3 is 0 Å². The molecule has 22 heteroatoms. The molecule has 0 aliphatic heterocycles. The fraction of sp³-hybridized carbons (Fsp3) is 0.324. The summed E-state index contributed by atoms with van der Waals surface area (Å²) in [5.74, 6) is -13.1. The Morgan fingerprint density at radius 1 is 1.07 bits per heavy atom. The summed E-state index contributed by atoms with van der Waals surface area (Å²) in [6, 6.07) is 6.30. The predicted molar refractivity (Wildman–Crippen MR) is 198 cm³/mol. The monoisotopic (exact) mass is 868 g/mol. The van der Waals surface area contributed by atoms with Gasteiger partial charge in [0.1, 0.15) is 35.4 Å². The lowest BCUT2D eigenvalue weighted by Crippen LogP contribution is -2.38. The molecule has 1 saturated carbocycles. The molecule has 3 heterocycles. The molecule has 1 fully saturated rings. The second-order valence-corrected chi connectivity index (χ2v) is 16.8. The van der Waals surface area contributed by atoms with Crippen LogP contribution in [0.15, 0.2) is 53.3 Å². The van der Waals surface area contributed by atoms with E-state index in [0.717, 1.165) is 41.2 Å². The summed E-state index contributed by atoms with van der Waals surface area (Å²) in [6.07, 6.45) is -3.01. The highest BCUT2D eigenvalue weighted by Gasteiger charge is 2.67. The van der Waals surface area contributed by atoms with Gasteiger partial charge < -0.3 is 5.32 Å². The number of sulfonamides is 1. The number of hydrogen-bond donors (Lipinski definition) is 2. The van der Waals surface area contributed by atoms with Gasteiger partial charge in [0.05, 0.1) is 44.8 Å². The van der Waals surface area contributed by atoms with Crippen LogP contribution in [0.5, 0.6) is 0 Å². The molecular weight excluding hydrogens is 840 g/mol. The number of fused-ring (bicyclic) bond motifs is 5. The highest BCUT2D eigenvalue weighted by Crippen LogP contribution is 2.68. The number of nitrogens with one attached hydrogen (secondary N) is 2. The van der Waals surface area contributed by atoms with Crippen LogP contribution in [0.3, 0.4) is 0 Å². The number of amides is 1. The molecule has 6 aromatic rings. The van der Waals surface area contributed by atoms with Crippen molar-refractivity contribution in [2.75, 3.05) is 11.0 Å².